The van der Waals surface area contributed by atoms with Crippen LogP contribution in [0.1, 0.15) is 5.56 Å². The smallest absolute Gasteiger partial charge is 0.151 e. The Morgan fingerprint density at radius 3 is 2.82 bits per heavy atom. The molecule has 58 valence electrons. The Labute approximate surface area is 66.2 Å². The van der Waals surface area contributed by atoms with Crippen molar-refractivity contribution in [2.24, 2.45) is 4.99 Å². The first-order valence-electron chi connectivity index (χ1n) is 3.39. The monoisotopic (exact) mass is 149 g/mol. The molecule has 3 nitrogen and oxygen atoms in total. The van der Waals surface area contributed by atoms with Gasteiger partial charge in [-0.2, -0.15) is 0 Å². The summed E-state index contributed by atoms with van der Waals surface area (Å²) >= 11 is 0. The zero-order chi connectivity index (χ0) is 8.27. The summed E-state index contributed by atoms with van der Waals surface area (Å²) in [5, 5.41) is 2.94. The summed E-state index contributed by atoms with van der Waals surface area (Å²) in [6.45, 7) is 5.45. The lowest BCUT2D eigenvalue weighted by Crippen LogP contribution is -1.92. The van der Waals surface area contributed by atoms with Crippen LogP contribution in [0.3, 0.4) is 0 Å². The number of aryl methyl sites for hydroxylation is 1. The molecule has 0 saturated heterocycles. The summed E-state index contributed by atoms with van der Waals surface area (Å²) in [7, 11) is 1.82. The maximum absolute atomic E-state index is 4.08. The van der Waals surface area contributed by atoms with Crippen LogP contribution >= 0.6 is 0 Å². The van der Waals surface area contributed by atoms with E-state index in [-0.39, 0.29) is 0 Å². The third kappa shape index (κ3) is 1.37. The molecule has 1 heterocycles. The van der Waals surface area contributed by atoms with Crippen molar-refractivity contribution < 1.29 is 0 Å². The minimum Gasteiger partial charge on any atom is -0.371 e. The number of pyridine rings is 1. The standard InChI is InChI=1S/C8H11N3/c1-6-4-5-11-8(10-3)7(6)9-2/h4-5H,2H2,1,3H3,(H,10,11). The number of nitrogens with one attached hydrogen (secondary N) is 1. The summed E-state index contributed by atoms with van der Waals surface area (Å²) in [4.78, 5) is 7.95. The molecule has 0 amide bonds. The van der Waals surface area contributed by atoms with E-state index in [0.29, 0.717) is 0 Å². The molecule has 0 aliphatic carbocycles. The van der Waals surface area contributed by atoms with Gasteiger partial charge in [0.05, 0.1) is 0 Å². The van der Waals surface area contributed by atoms with Gasteiger partial charge >= 0.3 is 0 Å². The number of anilines is 1. The number of aliphatic imine (C=N–C) groups is 1. The molecule has 1 N–H and O–H groups in total. The fraction of sp³-hybridized carbons (Fsp3) is 0.250. The van der Waals surface area contributed by atoms with Gasteiger partial charge in [-0.3, -0.25) is 4.99 Å². The SMILES string of the molecule is C=Nc1c(C)ccnc1NC. The van der Waals surface area contributed by atoms with E-state index in [9.17, 15) is 0 Å². The normalized spacial score (nSPS) is 9.27. The molecule has 1 aromatic heterocycles. The van der Waals surface area contributed by atoms with Gasteiger partial charge in [-0.1, -0.05) is 0 Å². The highest BCUT2D eigenvalue weighted by atomic mass is 15.0. The molecule has 0 saturated carbocycles. The van der Waals surface area contributed by atoms with E-state index in [0.717, 1.165) is 17.1 Å². The van der Waals surface area contributed by atoms with Crippen molar-refractivity contribution in [1.29, 1.82) is 0 Å². The van der Waals surface area contributed by atoms with Gasteiger partial charge in [0.25, 0.3) is 0 Å². The van der Waals surface area contributed by atoms with E-state index >= 15 is 0 Å². The molecular weight excluding hydrogens is 138 g/mol. The highest BCUT2D eigenvalue weighted by Crippen LogP contribution is 2.24. The lowest BCUT2D eigenvalue weighted by Gasteiger charge is -2.04. The highest BCUT2D eigenvalue weighted by Gasteiger charge is 2.01. The summed E-state index contributed by atoms with van der Waals surface area (Å²) in [5.74, 6) is 0.778. The first-order chi connectivity index (χ1) is 5.29. The summed E-state index contributed by atoms with van der Waals surface area (Å²) < 4.78 is 0. The number of hydrogen-bond acceptors (Lipinski definition) is 3. The second-order valence-electron chi connectivity index (χ2n) is 2.23. The first-order valence-corrected chi connectivity index (χ1v) is 3.39. The Bertz CT molecular complexity index is 268. The summed E-state index contributed by atoms with van der Waals surface area (Å²) in [5.41, 5.74) is 1.91. The fourth-order valence-corrected chi connectivity index (χ4v) is 0.933. The van der Waals surface area contributed by atoms with E-state index < -0.39 is 0 Å². The van der Waals surface area contributed by atoms with E-state index in [4.69, 9.17) is 0 Å². The second kappa shape index (κ2) is 3.14. The van der Waals surface area contributed by atoms with Gasteiger partial charge in [0, 0.05) is 13.2 Å². The highest BCUT2D eigenvalue weighted by molar-refractivity contribution is 5.66. The molecule has 0 unspecified atom stereocenters. The van der Waals surface area contributed by atoms with Gasteiger partial charge in [-0.15, -0.1) is 0 Å². The van der Waals surface area contributed by atoms with Gasteiger partial charge in [0.1, 0.15) is 5.69 Å². The minimum absolute atomic E-state index is 0.778. The van der Waals surface area contributed by atoms with Crippen molar-refractivity contribution in [2.45, 2.75) is 6.92 Å². The van der Waals surface area contributed by atoms with Crippen molar-refractivity contribution in [1.82, 2.24) is 4.98 Å². The Morgan fingerprint density at radius 1 is 1.64 bits per heavy atom. The third-order valence-electron chi connectivity index (χ3n) is 1.52. The number of nitrogens with zero attached hydrogens (tertiary/aromatic N) is 2. The predicted octanol–water partition coefficient (Wildman–Crippen LogP) is 1.76. The van der Waals surface area contributed by atoms with E-state index in [1.165, 1.54) is 0 Å². The Morgan fingerprint density at radius 2 is 2.36 bits per heavy atom. The molecule has 0 fully saturated rings. The van der Waals surface area contributed by atoms with Crippen molar-refractivity contribution in [3.05, 3.63) is 17.8 Å². The Kier molecular flexibility index (Phi) is 2.21. The third-order valence-corrected chi connectivity index (χ3v) is 1.52. The predicted molar refractivity (Wildman–Crippen MR) is 47.7 cm³/mol. The Hall–Kier alpha value is -1.38. The zero-order valence-corrected chi connectivity index (χ0v) is 6.76. The molecule has 0 bridgehead atoms. The maximum atomic E-state index is 4.08. The van der Waals surface area contributed by atoms with Crippen LogP contribution in [-0.2, 0) is 0 Å². The molecule has 0 radical (unpaired) electrons. The zero-order valence-electron chi connectivity index (χ0n) is 6.76. The van der Waals surface area contributed by atoms with E-state index in [1.807, 2.05) is 20.0 Å². The topological polar surface area (TPSA) is 37.3 Å². The molecule has 1 rings (SSSR count). The van der Waals surface area contributed by atoms with Crippen molar-refractivity contribution in [3.8, 4) is 0 Å². The van der Waals surface area contributed by atoms with Crippen LogP contribution in [0.2, 0.25) is 0 Å². The van der Waals surface area contributed by atoms with Crippen LogP contribution in [0.5, 0.6) is 0 Å². The summed E-state index contributed by atoms with van der Waals surface area (Å²) in [6, 6.07) is 1.91. The van der Waals surface area contributed by atoms with Crippen LogP contribution < -0.4 is 5.32 Å². The minimum atomic E-state index is 0.778. The molecule has 0 aliphatic heterocycles. The number of hydrogen-bond donors (Lipinski definition) is 1. The quantitative estimate of drug-likeness (QED) is 0.650. The van der Waals surface area contributed by atoms with Gasteiger partial charge in [0.15, 0.2) is 5.82 Å². The van der Waals surface area contributed by atoms with Crippen LogP contribution in [-0.4, -0.2) is 18.7 Å². The Balaban J connectivity index is 3.24. The lowest BCUT2D eigenvalue weighted by atomic mass is 10.2. The van der Waals surface area contributed by atoms with Crippen LogP contribution in [0.25, 0.3) is 0 Å². The number of aromatic nitrogens is 1. The molecule has 0 aliphatic rings. The number of rotatable bonds is 2. The molecular formula is C8H11N3. The molecule has 3 heteroatoms. The molecule has 0 atom stereocenters. The average Bonchev–Trinajstić information content (AvgIpc) is 2.04. The average molecular weight is 149 g/mol. The fourth-order valence-electron chi connectivity index (χ4n) is 0.933. The first kappa shape index (κ1) is 7.72. The van der Waals surface area contributed by atoms with Crippen molar-refractivity contribution in [2.75, 3.05) is 12.4 Å². The largest absolute Gasteiger partial charge is 0.371 e. The van der Waals surface area contributed by atoms with Gasteiger partial charge < -0.3 is 5.32 Å². The van der Waals surface area contributed by atoms with Gasteiger partial charge in [0.2, 0.25) is 0 Å². The van der Waals surface area contributed by atoms with Crippen LogP contribution in [0.15, 0.2) is 17.3 Å². The van der Waals surface area contributed by atoms with Crippen LogP contribution in [0, 0.1) is 6.92 Å². The van der Waals surface area contributed by atoms with E-state index in [1.54, 1.807) is 6.20 Å². The molecule has 11 heavy (non-hydrogen) atoms. The molecule has 0 aromatic carbocycles. The van der Waals surface area contributed by atoms with Crippen LogP contribution in [0.4, 0.5) is 11.5 Å². The molecule has 0 spiro atoms. The lowest BCUT2D eigenvalue weighted by molar-refractivity contribution is 1.24. The van der Waals surface area contributed by atoms with Gasteiger partial charge in [-0.25, -0.2) is 4.98 Å². The summed E-state index contributed by atoms with van der Waals surface area (Å²) in [6.07, 6.45) is 1.75. The second-order valence-corrected chi connectivity index (χ2v) is 2.23. The van der Waals surface area contributed by atoms with Gasteiger partial charge in [-0.05, 0) is 25.3 Å². The molecule has 1 aromatic rings. The maximum Gasteiger partial charge on any atom is 0.151 e. The van der Waals surface area contributed by atoms with E-state index in [2.05, 4.69) is 22.0 Å². The van der Waals surface area contributed by atoms with Crippen molar-refractivity contribution >= 4 is 18.2 Å². The van der Waals surface area contributed by atoms with Crippen molar-refractivity contribution in [3.63, 3.8) is 0 Å².